The molecule has 10 heteroatoms. The van der Waals surface area contributed by atoms with Crippen LogP contribution in [0.4, 0.5) is 0 Å². The van der Waals surface area contributed by atoms with Crippen molar-refractivity contribution in [2.24, 2.45) is 0 Å². The number of imidazole rings is 1. The molecule has 0 saturated heterocycles. The van der Waals surface area contributed by atoms with Crippen LogP contribution >= 0.6 is 23.1 Å². The Kier molecular flexibility index (Phi) is 7.91. The highest BCUT2D eigenvalue weighted by Gasteiger charge is 2.25. The molecule has 2 aromatic carbocycles. The summed E-state index contributed by atoms with van der Waals surface area (Å²) in [4.78, 5) is 5.80. The van der Waals surface area contributed by atoms with Gasteiger partial charge in [-0.05, 0) is 54.6 Å². The van der Waals surface area contributed by atoms with Gasteiger partial charge >= 0.3 is 0 Å². The summed E-state index contributed by atoms with van der Waals surface area (Å²) in [5, 5.41) is 7.53. The van der Waals surface area contributed by atoms with Crippen molar-refractivity contribution in [3.63, 3.8) is 0 Å². The molecule has 36 heavy (non-hydrogen) atoms. The molecule has 0 aliphatic carbocycles. The van der Waals surface area contributed by atoms with Crippen LogP contribution in [0.15, 0.2) is 62.8 Å². The third kappa shape index (κ3) is 5.52. The molecule has 190 valence electrons. The van der Waals surface area contributed by atoms with Gasteiger partial charge in [0.15, 0.2) is 0 Å². The van der Waals surface area contributed by atoms with Gasteiger partial charge < -0.3 is 14.7 Å². The molecule has 4 aromatic rings. The molecule has 0 amide bonds. The van der Waals surface area contributed by atoms with Crippen LogP contribution in [0.3, 0.4) is 0 Å². The first-order chi connectivity index (χ1) is 17.0. The van der Waals surface area contributed by atoms with Gasteiger partial charge in [0, 0.05) is 31.3 Å². The third-order valence-corrected chi connectivity index (χ3v) is 11.9. The molecule has 6 nitrogen and oxygen atoms in total. The van der Waals surface area contributed by atoms with E-state index in [-0.39, 0.29) is 9.79 Å². The lowest BCUT2D eigenvalue weighted by molar-refractivity contribution is 0.0898. The summed E-state index contributed by atoms with van der Waals surface area (Å²) in [6.45, 7) is 10.2. The van der Waals surface area contributed by atoms with Crippen molar-refractivity contribution in [2.75, 3.05) is 12.9 Å². The zero-order valence-electron chi connectivity index (χ0n) is 21.2. The third-order valence-electron chi connectivity index (χ3n) is 5.96. The number of nitrogens with zero attached hydrogens (tertiary/aromatic N) is 2. The van der Waals surface area contributed by atoms with Gasteiger partial charge in [0.1, 0.15) is 6.73 Å². The van der Waals surface area contributed by atoms with Crippen molar-refractivity contribution in [2.45, 2.75) is 53.3 Å². The Bertz CT molecular complexity index is 1520. The molecule has 2 heterocycles. The summed E-state index contributed by atoms with van der Waals surface area (Å²) in [6.07, 6.45) is 4.83. The summed E-state index contributed by atoms with van der Waals surface area (Å²) in [6, 6.07) is 13.8. The van der Waals surface area contributed by atoms with Crippen LogP contribution in [-0.2, 0) is 21.3 Å². The van der Waals surface area contributed by atoms with Gasteiger partial charge in [-0.3, -0.25) is 0 Å². The summed E-state index contributed by atoms with van der Waals surface area (Å²) < 4.78 is 35.8. The average molecular weight is 558 g/mol. The van der Waals surface area contributed by atoms with Crippen molar-refractivity contribution < 1.29 is 13.2 Å². The van der Waals surface area contributed by atoms with E-state index in [4.69, 9.17) is 15.1 Å². The van der Waals surface area contributed by atoms with Crippen LogP contribution in [0.1, 0.15) is 10.4 Å². The van der Waals surface area contributed by atoms with Gasteiger partial charge in [-0.1, -0.05) is 37.8 Å². The molecule has 1 N–H and O–H groups in total. The van der Waals surface area contributed by atoms with Gasteiger partial charge in [-0.15, -0.1) is 23.1 Å². The maximum Gasteiger partial charge on any atom is 0.208 e. The first-order valence-electron chi connectivity index (χ1n) is 11.6. The van der Waals surface area contributed by atoms with Crippen LogP contribution in [-0.4, -0.2) is 45.1 Å². The number of fused-ring (bicyclic) bond motifs is 1. The van der Waals surface area contributed by atoms with E-state index in [0.717, 1.165) is 40.4 Å². The highest BCUT2D eigenvalue weighted by molar-refractivity contribution is 8.01. The number of aryl methyl sites for hydroxylation is 1. The van der Waals surface area contributed by atoms with E-state index in [9.17, 15) is 8.42 Å². The Morgan fingerprint density at radius 3 is 2.67 bits per heavy atom. The molecule has 0 bridgehead atoms. The second-order valence-electron chi connectivity index (χ2n) is 9.87. The minimum absolute atomic E-state index is 0.232. The monoisotopic (exact) mass is 557 g/mol. The average Bonchev–Trinajstić information content (AvgIpc) is 3.45. The van der Waals surface area contributed by atoms with Crippen LogP contribution in [0, 0.1) is 12.3 Å². The largest absolute Gasteiger partial charge is 0.361 e. The van der Waals surface area contributed by atoms with Crippen LogP contribution in [0.2, 0.25) is 25.7 Å². The van der Waals surface area contributed by atoms with Gasteiger partial charge in [-0.25, -0.2) is 13.4 Å². The van der Waals surface area contributed by atoms with Crippen molar-refractivity contribution >= 4 is 58.3 Å². The molecule has 0 unspecified atom stereocenters. The Morgan fingerprint density at radius 2 is 1.97 bits per heavy atom. The molecule has 0 radical (unpaired) electrons. The highest BCUT2D eigenvalue weighted by atomic mass is 32.2. The molecule has 0 saturated carbocycles. The van der Waals surface area contributed by atoms with E-state index in [1.54, 1.807) is 30.6 Å². The summed E-state index contributed by atoms with van der Waals surface area (Å²) in [5.41, 5.74) is 4.52. The van der Waals surface area contributed by atoms with E-state index in [1.165, 1.54) is 29.3 Å². The van der Waals surface area contributed by atoms with Crippen molar-refractivity contribution in [3.05, 3.63) is 59.2 Å². The van der Waals surface area contributed by atoms with Crippen LogP contribution in [0.25, 0.3) is 22.2 Å². The molecule has 0 spiro atoms. The van der Waals surface area contributed by atoms with Gasteiger partial charge in [0.2, 0.25) is 9.84 Å². The number of hydrogen-bond acceptors (Lipinski definition) is 7. The maximum atomic E-state index is 13.6. The summed E-state index contributed by atoms with van der Waals surface area (Å²) in [5.74, 6) is 0. The molecule has 0 atom stereocenters. The fraction of sp³-hybridized carbons (Fsp3) is 0.308. The number of ether oxygens (including phenoxy) is 1. The number of thiophene rings is 1. The predicted molar refractivity (Wildman–Crippen MR) is 153 cm³/mol. The smallest absolute Gasteiger partial charge is 0.208 e. The standard InChI is InChI=1S/C26H31N3O3S3Si/c1-18-9-10-22-25(28-16-29(22)17-32-11-12-36(3,4)5)24(18)19-7-6-8-21(13-19)35(30,31)23-14-20(15-27)34-26(23)33-2/h6-10,13-16,27H,11-12,17H2,1-5H3. The van der Waals surface area contributed by atoms with E-state index in [0.29, 0.717) is 15.8 Å². The molecule has 4 rings (SSSR count). The van der Waals surface area contributed by atoms with Crippen molar-refractivity contribution in [1.29, 1.82) is 5.41 Å². The minimum Gasteiger partial charge on any atom is -0.361 e. The zero-order valence-corrected chi connectivity index (χ0v) is 24.6. The second-order valence-corrected chi connectivity index (χ2v) is 19.6. The minimum atomic E-state index is -3.75. The van der Waals surface area contributed by atoms with Crippen LogP contribution in [0.5, 0.6) is 0 Å². The number of thioether (sulfide) groups is 1. The zero-order chi connectivity index (χ0) is 26.1. The van der Waals surface area contributed by atoms with Crippen molar-refractivity contribution in [3.8, 4) is 11.1 Å². The van der Waals surface area contributed by atoms with Gasteiger partial charge in [-0.2, -0.15) is 0 Å². The van der Waals surface area contributed by atoms with Crippen molar-refractivity contribution in [1.82, 2.24) is 9.55 Å². The Morgan fingerprint density at radius 1 is 1.19 bits per heavy atom. The fourth-order valence-corrected chi connectivity index (χ4v) is 8.61. The second kappa shape index (κ2) is 10.6. The molecule has 0 fully saturated rings. The Labute approximate surface area is 222 Å². The lowest BCUT2D eigenvalue weighted by Gasteiger charge is -2.15. The molecule has 2 aromatic heterocycles. The first kappa shape index (κ1) is 26.8. The normalized spacial score (nSPS) is 12.4. The lowest BCUT2D eigenvalue weighted by Crippen LogP contribution is -2.21. The number of aromatic nitrogens is 2. The number of rotatable bonds is 10. The predicted octanol–water partition coefficient (Wildman–Crippen LogP) is 6.94. The van der Waals surface area contributed by atoms with E-state index < -0.39 is 17.9 Å². The molecule has 0 aliphatic rings. The fourth-order valence-electron chi connectivity index (χ4n) is 3.96. The Balaban J connectivity index is 1.71. The van der Waals surface area contributed by atoms with E-state index >= 15 is 0 Å². The quantitative estimate of drug-likeness (QED) is 0.0988. The summed E-state index contributed by atoms with van der Waals surface area (Å²) in [7, 11) is -4.90. The van der Waals surface area contributed by atoms with Crippen LogP contribution < -0.4 is 0 Å². The number of sulfone groups is 1. The maximum absolute atomic E-state index is 13.6. The topological polar surface area (TPSA) is 85.0 Å². The lowest BCUT2D eigenvalue weighted by atomic mass is 9.99. The molecule has 0 aliphatic heterocycles. The number of benzene rings is 2. The molecular formula is C26H31N3O3S3Si. The number of nitrogens with one attached hydrogen (secondary N) is 1. The number of hydrogen-bond donors (Lipinski definition) is 1. The highest BCUT2D eigenvalue weighted by Crippen LogP contribution is 2.38. The van der Waals surface area contributed by atoms with E-state index in [1.807, 2.05) is 35.9 Å². The summed E-state index contributed by atoms with van der Waals surface area (Å²) >= 11 is 2.70. The van der Waals surface area contributed by atoms with E-state index in [2.05, 4.69) is 19.6 Å². The van der Waals surface area contributed by atoms with Gasteiger partial charge in [0.25, 0.3) is 0 Å². The Hall–Kier alpha value is -2.24. The molecular weight excluding hydrogens is 527 g/mol. The SMILES string of the molecule is CSc1sc(C=N)cc1S(=O)(=O)c1cccc(-c2c(C)ccc3c2ncn3COCC[Si](C)(C)C)c1. The first-order valence-corrected chi connectivity index (χ1v) is 18.8. The van der Waals surface area contributed by atoms with Gasteiger partial charge in [0.05, 0.1) is 31.4 Å².